The van der Waals surface area contributed by atoms with Crippen LogP contribution in [-0.4, -0.2) is 35.6 Å². The molecular weight excluding hydrogens is 310 g/mol. The molecule has 0 unspecified atom stereocenters. The molecule has 0 aromatic carbocycles. The molecule has 3 fully saturated rings. The third-order valence-electron chi connectivity index (χ3n) is 6.00. The number of hydrogen-bond acceptors (Lipinski definition) is 5. The van der Waals surface area contributed by atoms with E-state index in [0.717, 1.165) is 24.2 Å². The van der Waals surface area contributed by atoms with E-state index in [-0.39, 0.29) is 0 Å². The summed E-state index contributed by atoms with van der Waals surface area (Å²) in [6.45, 7) is 3.38. The topological polar surface area (TPSA) is 61.9 Å². The molecule has 5 nitrogen and oxygen atoms in total. The highest BCUT2D eigenvalue weighted by Crippen LogP contribution is 2.40. The van der Waals surface area contributed by atoms with Crippen LogP contribution in [0.15, 0.2) is 6.07 Å². The van der Waals surface area contributed by atoms with Gasteiger partial charge in [0.1, 0.15) is 5.82 Å². The molecule has 2 aliphatic carbocycles. The lowest BCUT2D eigenvalue weighted by molar-refractivity contribution is 0.361. The van der Waals surface area contributed by atoms with Gasteiger partial charge in [0, 0.05) is 24.6 Å². The average Bonchev–Trinajstić information content (AvgIpc) is 3.49. The molecule has 0 radical (unpaired) electrons. The summed E-state index contributed by atoms with van der Waals surface area (Å²) in [5, 5.41) is 10.6. The van der Waals surface area contributed by atoms with Gasteiger partial charge in [-0.3, -0.25) is 0 Å². The van der Waals surface area contributed by atoms with Gasteiger partial charge >= 0.3 is 0 Å². The van der Waals surface area contributed by atoms with Crippen LogP contribution in [0.1, 0.15) is 75.8 Å². The summed E-state index contributed by atoms with van der Waals surface area (Å²) in [5.74, 6) is 3.39. The van der Waals surface area contributed by atoms with Crippen molar-refractivity contribution in [3.63, 3.8) is 0 Å². The lowest BCUT2D eigenvalue weighted by Crippen LogP contribution is -2.28. The summed E-state index contributed by atoms with van der Waals surface area (Å²) in [6.07, 6.45) is 13.0. The number of nitrogens with one attached hydrogen (secondary N) is 3. The molecule has 0 bridgehead atoms. The maximum Gasteiger partial charge on any atom is 0.225 e. The molecule has 25 heavy (non-hydrogen) atoms. The third kappa shape index (κ3) is 5.06. The highest BCUT2D eigenvalue weighted by molar-refractivity contribution is 5.44. The molecule has 2 saturated carbocycles. The predicted octanol–water partition coefficient (Wildman–Crippen LogP) is 3.90. The van der Waals surface area contributed by atoms with Crippen molar-refractivity contribution in [1.82, 2.24) is 15.3 Å². The Hall–Kier alpha value is -1.36. The van der Waals surface area contributed by atoms with Crippen LogP contribution in [0, 0.1) is 5.92 Å². The zero-order chi connectivity index (χ0) is 16.9. The van der Waals surface area contributed by atoms with Gasteiger partial charge in [-0.25, -0.2) is 4.98 Å². The maximum atomic E-state index is 4.82. The van der Waals surface area contributed by atoms with E-state index in [2.05, 4.69) is 22.0 Å². The molecule has 4 rings (SSSR count). The molecule has 0 spiro atoms. The van der Waals surface area contributed by atoms with Gasteiger partial charge in [0.25, 0.3) is 0 Å². The Morgan fingerprint density at radius 1 is 0.960 bits per heavy atom. The number of nitrogens with zero attached hydrogens (tertiary/aromatic N) is 2. The van der Waals surface area contributed by atoms with Crippen molar-refractivity contribution in [2.45, 2.75) is 76.2 Å². The standard InChI is InChI=1S/C20H33N5/c1-2-4-17(5-3-1)23-20-24-18(16-6-7-16)14-19(25-20)22-13-10-15-8-11-21-12-9-15/h14-17,21H,1-13H2,(H2,22,23,24,25). The van der Waals surface area contributed by atoms with Crippen molar-refractivity contribution in [3.8, 4) is 0 Å². The Bertz CT molecular complexity index is 545. The summed E-state index contributed by atoms with van der Waals surface area (Å²) < 4.78 is 0. The van der Waals surface area contributed by atoms with Gasteiger partial charge in [0.15, 0.2) is 0 Å². The van der Waals surface area contributed by atoms with Crippen LogP contribution in [0.4, 0.5) is 11.8 Å². The predicted molar refractivity (Wildman–Crippen MR) is 103 cm³/mol. The Morgan fingerprint density at radius 2 is 1.76 bits per heavy atom. The van der Waals surface area contributed by atoms with Crippen molar-refractivity contribution in [2.75, 3.05) is 30.3 Å². The molecule has 2 heterocycles. The first-order chi connectivity index (χ1) is 12.4. The SMILES string of the molecule is c1c(NCCC2CCNCC2)nc(NC2CCCCC2)nc1C1CC1. The minimum Gasteiger partial charge on any atom is -0.370 e. The summed E-state index contributed by atoms with van der Waals surface area (Å²) in [5.41, 5.74) is 1.23. The molecule has 3 N–H and O–H groups in total. The molecule has 5 heteroatoms. The van der Waals surface area contributed by atoms with E-state index in [1.165, 1.54) is 83.0 Å². The first kappa shape index (κ1) is 17.1. The molecule has 1 saturated heterocycles. The number of piperidine rings is 1. The number of aromatic nitrogens is 2. The Labute approximate surface area is 151 Å². The normalized spacial score (nSPS) is 22.7. The molecule has 138 valence electrons. The van der Waals surface area contributed by atoms with Gasteiger partial charge in [-0.05, 0) is 64.0 Å². The first-order valence-electron chi connectivity index (χ1n) is 10.5. The summed E-state index contributed by atoms with van der Waals surface area (Å²) in [6, 6.07) is 2.75. The third-order valence-corrected chi connectivity index (χ3v) is 6.00. The molecule has 0 atom stereocenters. The van der Waals surface area contributed by atoms with E-state index >= 15 is 0 Å². The Morgan fingerprint density at radius 3 is 2.52 bits per heavy atom. The van der Waals surface area contributed by atoms with Gasteiger partial charge < -0.3 is 16.0 Å². The number of rotatable bonds is 7. The van der Waals surface area contributed by atoms with Gasteiger partial charge in [0.2, 0.25) is 5.95 Å². The minimum absolute atomic E-state index is 0.561. The van der Waals surface area contributed by atoms with Gasteiger partial charge in [-0.2, -0.15) is 4.98 Å². The van der Waals surface area contributed by atoms with Crippen LogP contribution in [0.3, 0.4) is 0 Å². The van der Waals surface area contributed by atoms with Gasteiger partial charge in [-0.15, -0.1) is 0 Å². The first-order valence-corrected chi connectivity index (χ1v) is 10.5. The molecule has 1 aromatic heterocycles. The highest BCUT2D eigenvalue weighted by Gasteiger charge is 2.26. The average molecular weight is 344 g/mol. The second-order valence-electron chi connectivity index (χ2n) is 8.16. The van der Waals surface area contributed by atoms with Crippen molar-refractivity contribution >= 4 is 11.8 Å². The lowest BCUT2D eigenvalue weighted by Gasteiger charge is -2.24. The lowest BCUT2D eigenvalue weighted by atomic mass is 9.95. The molecule has 3 aliphatic rings. The van der Waals surface area contributed by atoms with Crippen LogP contribution < -0.4 is 16.0 Å². The molecule has 0 amide bonds. The monoisotopic (exact) mass is 343 g/mol. The summed E-state index contributed by atoms with van der Waals surface area (Å²) >= 11 is 0. The van der Waals surface area contributed by atoms with E-state index in [4.69, 9.17) is 9.97 Å². The summed E-state index contributed by atoms with van der Waals surface area (Å²) in [7, 11) is 0. The molecular formula is C20H33N5. The van der Waals surface area contributed by atoms with Crippen LogP contribution in [0.2, 0.25) is 0 Å². The minimum atomic E-state index is 0.561. The van der Waals surface area contributed by atoms with Crippen LogP contribution in [0.5, 0.6) is 0 Å². The Kier molecular flexibility index (Phi) is 5.70. The van der Waals surface area contributed by atoms with E-state index in [0.29, 0.717) is 12.0 Å². The Balaban J connectivity index is 1.35. The van der Waals surface area contributed by atoms with Crippen LogP contribution in [-0.2, 0) is 0 Å². The highest BCUT2D eigenvalue weighted by atomic mass is 15.2. The largest absolute Gasteiger partial charge is 0.370 e. The van der Waals surface area contributed by atoms with Crippen LogP contribution in [0.25, 0.3) is 0 Å². The fraction of sp³-hybridized carbons (Fsp3) is 0.800. The zero-order valence-electron chi connectivity index (χ0n) is 15.4. The van der Waals surface area contributed by atoms with E-state index in [9.17, 15) is 0 Å². The fourth-order valence-electron chi connectivity index (χ4n) is 4.21. The number of hydrogen-bond donors (Lipinski definition) is 3. The van der Waals surface area contributed by atoms with Crippen molar-refractivity contribution < 1.29 is 0 Å². The van der Waals surface area contributed by atoms with E-state index in [1.807, 2.05) is 0 Å². The maximum absolute atomic E-state index is 4.82. The van der Waals surface area contributed by atoms with Gasteiger partial charge in [-0.1, -0.05) is 19.3 Å². The second-order valence-corrected chi connectivity index (χ2v) is 8.16. The van der Waals surface area contributed by atoms with Crippen molar-refractivity contribution in [2.24, 2.45) is 5.92 Å². The quantitative estimate of drug-likeness (QED) is 0.701. The zero-order valence-corrected chi connectivity index (χ0v) is 15.4. The summed E-state index contributed by atoms with van der Waals surface area (Å²) in [4.78, 5) is 9.59. The van der Waals surface area contributed by atoms with E-state index in [1.54, 1.807) is 0 Å². The second kappa shape index (κ2) is 8.35. The van der Waals surface area contributed by atoms with E-state index < -0.39 is 0 Å². The number of anilines is 2. The smallest absolute Gasteiger partial charge is 0.225 e. The van der Waals surface area contributed by atoms with Gasteiger partial charge in [0.05, 0.1) is 5.69 Å². The fourth-order valence-corrected chi connectivity index (χ4v) is 4.21. The molecule has 1 aromatic rings. The van der Waals surface area contributed by atoms with Crippen molar-refractivity contribution in [3.05, 3.63) is 11.8 Å². The van der Waals surface area contributed by atoms with Crippen molar-refractivity contribution in [1.29, 1.82) is 0 Å². The molecule has 1 aliphatic heterocycles. The van der Waals surface area contributed by atoms with Crippen LogP contribution >= 0.6 is 0 Å².